The standard InChI is InChI=1S/C15H24ClN3/c1-5-7-17-10-13-9-15(18-11-14(13)16)19(8-6-2)12(3)4/h6,9,11-12,17H,2,5,7-8,10H2,1,3-4H3. The third kappa shape index (κ3) is 4.84. The van der Waals surface area contributed by atoms with E-state index in [0.29, 0.717) is 6.04 Å². The Morgan fingerprint density at radius 2 is 2.26 bits per heavy atom. The van der Waals surface area contributed by atoms with Crippen LogP contribution in [0.25, 0.3) is 0 Å². The lowest BCUT2D eigenvalue weighted by atomic mass is 10.2. The molecule has 0 atom stereocenters. The van der Waals surface area contributed by atoms with Crippen molar-refractivity contribution in [1.29, 1.82) is 0 Å². The van der Waals surface area contributed by atoms with E-state index in [4.69, 9.17) is 11.6 Å². The van der Waals surface area contributed by atoms with Gasteiger partial charge in [0.1, 0.15) is 5.82 Å². The quantitative estimate of drug-likeness (QED) is 0.582. The first kappa shape index (κ1) is 16.0. The fourth-order valence-electron chi connectivity index (χ4n) is 1.87. The van der Waals surface area contributed by atoms with E-state index >= 15 is 0 Å². The average Bonchev–Trinajstić information content (AvgIpc) is 2.38. The molecule has 0 bridgehead atoms. The minimum absolute atomic E-state index is 0.378. The lowest BCUT2D eigenvalue weighted by molar-refractivity contribution is 0.672. The summed E-state index contributed by atoms with van der Waals surface area (Å²) < 4.78 is 0. The second-order valence-corrected chi connectivity index (χ2v) is 5.25. The second kappa shape index (κ2) is 8.18. The highest BCUT2D eigenvalue weighted by Crippen LogP contribution is 2.21. The van der Waals surface area contributed by atoms with Crippen molar-refractivity contribution in [2.75, 3.05) is 18.0 Å². The summed E-state index contributed by atoms with van der Waals surface area (Å²) in [5.41, 5.74) is 1.09. The van der Waals surface area contributed by atoms with Gasteiger partial charge in [0.25, 0.3) is 0 Å². The molecule has 0 saturated carbocycles. The largest absolute Gasteiger partial charge is 0.350 e. The van der Waals surface area contributed by atoms with E-state index in [-0.39, 0.29) is 0 Å². The molecule has 0 saturated heterocycles. The molecule has 0 fully saturated rings. The summed E-state index contributed by atoms with van der Waals surface area (Å²) >= 11 is 6.20. The number of anilines is 1. The van der Waals surface area contributed by atoms with E-state index in [1.807, 2.05) is 6.08 Å². The maximum atomic E-state index is 6.20. The molecule has 0 unspecified atom stereocenters. The first-order chi connectivity index (χ1) is 9.10. The highest BCUT2D eigenvalue weighted by Gasteiger charge is 2.12. The average molecular weight is 282 g/mol. The summed E-state index contributed by atoms with van der Waals surface area (Å²) in [4.78, 5) is 6.63. The number of nitrogens with zero attached hydrogens (tertiary/aromatic N) is 2. The van der Waals surface area contributed by atoms with Crippen LogP contribution in [-0.2, 0) is 6.54 Å². The highest BCUT2D eigenvalue weighted by atomic mass is 35.5. The van der Waals surface area contributed by atoms with Gasteiger partial charge in [0, 0.05) is 25.3 Å². The molecule has 19 heavy (non-hydrogen) atoms. The van der Waals surface area contributed by atoms with Gasteiger partial charge in [-0.25, -0.2) is 4.98 Å². The maximum Gasteiger partial charge on any atom is 0.129 e. The smallest absolute Gasteiger partial charge is 0.129 e. The molecular weight excluding hydrogens is 258 g/mol. The molecule has 3 nitrogen and oxygen atoms in total. The molecule has 4 heteroatoms. The van der Waals surface area contributed by atoms with Gasteiger partial charge in [0.15, 0.2) is 0 Å². The summed E-state index contributed by atoms with van der Waals surface area (Å²) in [6, 6.07) is 2.44. The molecule has 0 aliphatic carbocycles. The molecule has 0 amide bonds. The van der Waals surface area contributed by atoms with Crippen LogP contribution in [0, 0.1) is 0 Å². The first-order valence-corrected chi connectivity index (χ1v) is 7.20. The van der Waals surface area contributed by atoms with E-state index < -0.39 is 0 Å². The second-order valence-electron chi connectivity index (χ2n) is 4.85. The number of rotatable bonds is 8. The van der Waals surface area contributed by atoms with Crippen LogP contribution in [0.3, 0.4) is 0 Å². The molecule has 1 rings (SSSR count). The monoisotopic (exact) mass is 281 g/mol. The molecular formula is C15H24ClN3. The minimum Gasteiger partial charge on any atom is -0.350 e. The van der Waals surface area contributed by atoms with Crippen LogP contribution in [0.1, 0.15) is 32.8 Å². The molecule has 0 spiro atoms. The summed E-state index contributed by atoms with van der Waals surface area (Å²) in [5.74, 6) is 0.951. The van der Waals surface area contributed by atoms with Crippen molar-refractivity contribution in [1.82, 2.24) is 10.3 Å². The zero-order chi connectivity index (χ0) is 14.3. The fraction of sp³-hybridized carbons (Fsp3) is 0.533. The van der Waals surface area contributed by atoms with Crippen LogP contribution in [0.15, 0.2) is 24.9 Å². The molecule has 1 aromatic heterocycles. The van der Waals surface area contributed by atoms with Crippen molar-refractivity contribution >= 4 is 17.4 Å². The van der Waals surface area contributed by atoms with Crippen molar-refractivity contribution in [3.05, 3.63) is 35.5 Å². The number of aromatic nitrogens is 1. The van der Waals surface area contributed by atoms with Crippen molar-refractivity contribution in [2.24, 2.45) is 0 Å². The van der Waals surface area contributed by atoms with Crippen LogP contribution in [0.4, 0.5) is 5.82 Å². The summed E-state index contributed by atoms with van der Waals surface area (Å²) in [5, 5.41) is 4.09. The van der Waals surface area contributed by atoms with Crippen LogP contribution in [0.2, 0.25) is 5.02 Å². The van der Waals surface area contributed by atoms with Gasteiger partial charge >= 0.3 is 0 Å². The van der Waals surface area contributed by atoms with Crippen LogP contribution in [0.5, 0.6) is 0 Å². The fourth-order valence-corrected chi connectivity index (χ4v) is 2.04. The van der Waals surface area contributed by atoms with Gasteiger partial charge in [-0.3, -0.25) is 0 Å². The zero-order valence-corrected chi connectivity index (χ0v) is 12.9. The minimum atomic E-state index is 0.378. The van der Waals surface area contributed by atoms with E-state index in [9.17, 15) is 0 Å². The van der Waals surface area contributed by atoms with Crippen molar-refractivity contribution < 1.29 is 0 Å². The lowest BCUT2D eigenvalue weighted by Crippen LogP contribution is -2.31. The van der Waals surface area contributed by atoms with E-state index in [1.54, 1.807) is 6.20 Å². The number of pyridine rings is 1. The van der Waals surface area contributed by atoms with Gasteiger partial charge in [0.2, 0.25) is 0 Å². The van der Waals surface area contributed by atoms with E-state index in [0.717, 1.165) is 42.5 Å². The van der Waals surface area contributed by atoms with Crippen LogP contribution in [-0.4, -0.2) is 24.1 Å². The van der Waals surface area contributed by atoms with Gasteiger partial charge in [-0.15, -0.1) is 6.58 Å². The summed E-state index contributed by atoms with van der Waals surface area (Å²) in [6.45, 7) is 12.8. The molecule has 1 N–H and O–H groups in total. The molecule has 106 valence electrons. The number of halogens is 1. The lowest BCUT2D eigenvalue weighted by Gasteiger charge is -2.27. The molecule has 0 aliphatic rings. The Morgan fingerprint density at radius 3 is 2.84 bits per heavy atom. The van der Waals surface area contributed by atoms with Gasteiger partial charge in [-0.1, -0.05) is 24.6 Å². The SMILES string of the molecule is C=CCN(c1cc(CNCCC)c(Cl)cn1)C(C)C. The summed E-state index contributed by atoms with van der Waals surface area (Å²) in [7, 11) is 0. The van der Waals surface area contributed by atoms with Crippen molar-refractivity contribution in [3.8, 4) is 0 Å². The highest BCUT2D eigenvalue weighted by molar-refractivity contribution is 6.31. The Balaban J connectivity index is 2.89. The topological polar surface area (TPSA) is 28.2 Å². The Hall–Kier alpha value is -1.06. The van der Waals surface area contributed by atoms with E-state index in [1.165, 1.54) is 0 Å². The Morgan fingerprint density at radius 1 is 1.53 bits per heavy atom. The Kier molecular flexibility index (Phi) is 6.89. The van der Waals surface area contributed by atoms with Crippen LogP contribution >= 0.6 is 11.6 Å². The van der Waals surface area contributed by atoms with Gasteiger partial charge in [0.05, 0.1) is 5.02 Å². The van der Waals surface area contributed by atoms with Crippen LogP contribution < -0.4 is 10.2 Å². The third-order valence-corrected chi connectivity index (χ3v) is 3.25. The Bertz CT molecular complexity index is 404. The summed E-state index contributed by atoms with van der Waals surface area (Å²) in [6.07, 6.45) is 4.74. The van der Waals surface area contributed by atoms with Gasteiger partial charge in [-0.05, 0) is 38.4 Å². The molecule has 0 aliphatic heterocycles. The predicted octanol–water partition coefficient (Wildman–Crippen LogP) is 3.64. The number of hydrogen-bond donors (Lipinski definition) is 1. The number of hydrogen-bond acceptors (Lipinski definition) is 3. The molecule has 1 aromatic rings. The Labute approximate surface area is 121 Å². The van der Waals surface area contributed by atoms with Crippen molar-refractivity contribution in [3.63, 3.8) is 0 Å². The van der Waals surface area contributed by atoms with E-state index in [2.05, 4.69) is 48.6 Å². The zero-order valence-electron chi connectivity index (χ0n) is 12.1. The molecule has 0 aromatic carbocycles. The predicted molar refractivity (Wildman–Crippen MR) is 83.9 cm³/mol. The molecule has 0 radical (unpaired) electrons. The molecule has 1 heterocycles. The van der Waals surface area contributed by atoms with Crippen molar-refractivity contribution in [2.45, 2.75) is 39.8 Å². The maximum absolute atomic E-state index is 6.20. The third-order valence-electron chi connectivity index (χ3n) is 2.91. The number of nitrogens with one attached hydrogen (secondary N) is 1. The van der Waals surface area contributed by atoms with Gasteiger partial charge in [-0.2, -0.15) is 0 Å². The normalized spacial score (nSPS) is 10.8. The van der Waals surface area contributed by atoms with Gasteiger partial charge < -0.3 is 10.2 Å². The first-order valence-electron chi connectivity index (χ1n) is 6.82.